The highest BCUT2D eigenvalue weighted by Crippen LogP contribution is 2.35. The maximum absolute atomic E-state index is 12.6. The Labute approximate surface area is 198 Å². The Bertz CT molecular complexity index is 1010. The lowest BCUT2D eigenvalue weighted by atomic mass is 9.87. The molecule has 0 spiro atoms. The summed E-state index contributed by atoms with van der Waals surface area (Å²) in [6, 6.07) is 5.86. The van der Waals surface area contributed by atoms with E-state index in [1.54, 1.807) is 27.9 Å². The molecule has 2 N–H and O–H groups in total. The number of hydrogen-bond acceptors (Lipinski definition) is 7. The van der Waals surface area contributed by atoms with Crippen LogP contribution in [0, 0.1) is 6.92 Å². The second kappa shape index (κ2) is 10.8. The number of benzene rings is 1. The first kappa shape index (κ1) is 25.6. The van der Waals surface area contributed by atoms with Crippen molar-refractivity contribution in [1.29, 1.82) is 0 Å². The van der Waals surface area contributed by atoms with Gasteiger partial charge in [-0.15, -0.1) is 11.3 Å². The molecule has 0 saturated heterocycles. The van der Waals surface area contributed by atoms with Crippen molar-refractivity contribution in [1.82, 2.24) is 0 Å². The zero-order valence-electron chi connectivity index (χ0n) is 19.5. The number of anilines is 2. The summed E-state index contributed by atoms with van der Waals surface area (Å²) in [5.74, 6) is -0.399. The molecule has 1 heterocycles. The Morgan fingerprint density at radius 2 is 1.69 bits per heavy atom. The van der Waals surface area contributed by atoms with E-state index in [0.29, 0.717) is 26.9 Å². The quantitative estimate of drug-likeness (QED) is 0.397. The molecule has 0 radical (unpaired) electrons. The topological polar surface area (TPSA) is 85.9 Å². The second-order valence-corrected chi connectivity index (χ2v) is 9.37. The summed E-state index contributed by atoms with van der Waals surface area (Å²) in [7, 11) is 1.58. The largest absolute Gasteiger partial charge is 0.495 e. The molecule has 2 aromatic rings. The highest BCUT2D eigenvalue weighted by Gasteiger charge is 2.27. The number of thiocarbonyl (C=S) groups is 1. The maximum atomic E-state index is 12.6. The normalized spacial score (nSPS) is 11.0. The monoisotopic (exact) mass is 478 g/mol. The number of esters is 2. The number of carbonyl (C=O) groups excluding carboxylic acids is 2. The molecule has 1 aromatic carbocycles. The fourth-order valence-electron chi connectivity index (χ4n) is 2.97. The van der Waals surface area contributed by atoms with Crippen LogP contribution in [0.15, 0.2) is 18.2 Å². The van der Waals surface area contributed by atoms with Crippen LogP contribution in [0.5, 0.6) is 5.75 Å². The molecule has 0 saturated carbocycles. The van der Waals surface area contributed by atoms with Gasteiger partial charge in [-0.3, -0.25) is 0 Å². The first-order valence-corrected chi connectivity index (χ1v) is 11.5. The van der Waals surface area contributed by atoms with Gasteiger partial charge in [-0.2, -0.15) is 0 Å². The van der Waals surface area contributed by atoms with Crippen molar-refractivity contribution < 1.29 is 23.8 Å². The molecule has 7 nitrogen and oxygen atoms in total. The van der Waals surface area contributed by atoms with E-state index in [1.165, 1.54) is 0 Å². The lowest BCUT2D eigenvalue weighted by Crippen LogP contribution is -2.21. The molecule has 0 amide bonds. The van der Waals surface area contributed by atoms with Gasteiger partial charge in [-0.25, -0.2) is 9.59 Å². The van der Waals surface area contributed by atoms with Gasteiger partial charge in [0, 0.05) is 0 Å². The minimum Gasteiger partial charge on any atom is -0.495 e. The van der Waals surface area contributed by atoms with E-state index in [4.69, 9.17) is 26.4 Å². The standard InChI is InChI=1S/C23H30N2O5S2/c1-8-29-20(26)17-13(3)18(21(27)30-9-2)32-19(17)25-22(31)24-15-12-14(23(4,5)6)10-11-16(15)28-7/h10-12H,8-9H2,1-7H3,(H2,24,25,31). The van der Waals surface area contributed by atoms with E-state index in [2.05, 4.69) is 31.4 Å². The third kappa shape index (κ3) is 5.98. The Hall–Kier alpha value is -2.65. The van der Waals surface area contributed by atoms with E-state index in [-0.39, 0.29) is 29.3 Å². The highest BCUT2D eigenvalue weighted by molar-refractivity contribution is 7.80. The molecule has 0 aliphatic heterocycles. The second-order valence-electron chi connectivity index (χ2n) is 7.95. The van der Waals surface area contributed by atoms with E-state index < -0.39 is 11.9 Å². The maximum Gasteiger partial charge on any atom is 0.348 e. The lowest BCUT2D eigenvalue weighted by Gasteiger charge is -2.21. The number of carbonyl (C=O) groups is 2. The number of methoxy groups -OCH3 is 1. The van der Waals surface area contributed by atoms with Crippen LogP contribution < -0.4 is 15.4 Å². The molecule has 0 fully saturated rings. The Morgan fingerprint density at radius 3 is 2.25 bits per heavy atom. The minimum atomic E-state index is -0.533. The van der Waals surface area contributed by atoms with Crippen LogP contribution in [0.2, 0.25) is 0 Å². The van der Waals surface area contributed by atoms with Crippen LogP contribution in [0.3, 0.4) is 0 Å². The van der Waals surface area contributed by atoms with Crippen LogP contribution in [-0.2, 0) is 14.9 Å². The van der Waals surface area contributed by atoms with Gasteiger partial charge in [0.2, 0.25) is 0 Å². The van der Waals surface area contributed by atoms with Crippen molar-refractivity contribution in [2.75, 3.05) is 31.0 Å². The Balaban J connectivity index is 2.38. The molecule has 174 valence electrons. The van der Waals surface area contributed by atoms with Gasteiger partial charge in [0.15, 0.2) is 5.11 Å². The number of ether oxygens (including phenoxy) is 3. The van der Waals surface area contributed by atoms with E-state index in [1.807, 2.05) is 18.2 Å². The van der Waals surface area contributed by atoms with Crippen molar-refractivity contribution in [2.24, 2.45) is 0 Å². The summed E-state index contributed by atoms with van der Waals surface area (Å²) in [5, 5.41) is 6.83. The van der Waals surface area contributed by atoms with Crippen LogP contribution in [0.4, 0.5) is 10.7 Å². The zero-order chi connectivity index (χ0) is 24.1. The lowest BCUT2D eigenvalue weighted by molar-refractivity contribution is 0.0527. The van der Waals surface area contributed by atoms with E-state index in [0.717, 1.165) is 16.9 Å². The summed E-state index contributed by atoms with van der Waals surface area (Å²) in [4.78, 5) is 25.3. The molecule has 1 aromatic heterocycles. The van der Waals surface area contributed by atoms with Gasteiger partial charge >= 0.3 is 11.9 Å². The molecule has 9 heteroatoms. The molecule has 2 rings (SSSR count). The van der Waals surface area contributed by atoms with Crippen molar-refractivity contribution in [3.8, 4) is 5.75 Å². The molecule has 0 aliphatic carbocycles. The summed E-state index contributed by atoms with van der Waals surface area (Å²) in [6.45, 7) is 11.9. The zero-order valence-corrected chi connectivity index (χ0v) is 21.1. The summed E-state index contributed by atoms with van der Waals surface area (Å²) in [5.41, 5.74) is 2.49. The van der Waals surface area contributed by atoms with Crippen molar-refractivity contribution >= 4 is 51.3 Å². The van der Waals surface area contributed by atoms with Crippen molar-refractivity contribution in [2.45, 2.75) is 47.0 Å². The summed E-state index contributed by atoms with van der Waals surface area (Å²) < 4.78 is 15.8. The number of nitrogens with one attached hydrogen (secondary N) is 2. The Kier molecular flexibility index (Phi) is 8.63. The van der Waals surface area contributed by atoms with E-state index >= 15 is 0 Å². The molecule has 0 unspecified atom stereocenters. The minimum absolute atomic E-state index is 0.0613. The van der Waals surface area contributed by atoms with Gasteiger partial charge in [0.05, 0.1) is 31.6 Å². The fourth-order valence-corrected chi connectivity index (χ4v) is 4.34. The van der Waals surface area contributed by atoms with Crippen LogP contribution in [0.25, 0.3) is 0 Å². The van der Waals surface area contributed by atoms with Crippen LogP contribution in [-0.4, -0.2) is 37.4 Å². The number of rotatable bonds is 7. The molecular weight excluding hydrogens is 448 g/mol. The van der Waals surface area contributed by atoms with Gasteiger partial charge in [-0.05, 0) is 61.7 Å². The smallest absolute Gasteiger partial charge is 0.348 e. The Morgan fingerprint density at radius 1 is 1.06 bits per heavy atom. The number of thiophene rings is 1. The summed E-state index contributed by atoms with van der Waals surface area (Å²) >= 11 is 6.60. The van der Waals surface area contributed by atoms with Crippen LogP contribution >= 0.6 is 23.6 Å². The van der Waals surface area contributed by atoms with Gasteiger partial charge in [-0.1, -0.05) is 26.8 Å². The first-order chi connectivity index (χ1) is 15.0. The molecular formula is C23H30N2O5S2. The predicted molar refractivity (Wildman–Crippen MR) is 133 cm³/mol. The third-order valence-corrected chi connectivity index (χ3v) is 6.02. The molecule has 0 aliphatic rings. The average molecular weight is 479 g/mol. The number of hydrogen-bond donors (Lipinski definition) is 2. The van der Waals surface area contributed by atoms with Crippen molar-refractivity contribution in [3.63, 3.8) is 0 Å². The predicted octanol–water partition coefficient (Wildman–Crippen LogP) is 5.52. The van der Waals surface area contributed by atoms with Crippen LogP contribution in [0.1, 0.15) is 65.8 Å². The molecule has 0 bridgehead atoms. The van der Waals surface area contributed by atoms with Crippen molar-refractivity contribution in [3.05, 3.63) is 39.8 Å². The van der Waals surface area contributed by atoms with Gasteiger partial charge in [0.25, 0.3) is 0 Å². The average Bonchev–Trinajstić information content (AvgIpc) is 3.03. The van der Waals surface area contributed by atoms with Gasteiger partial charge < -0.3 is 24.8 Å². The molecule has 32 heavy (non-hydrogen) atoms. The molecule has 0 atom stereocenters. The summed E-state index contributed by atoms with van der Waals surface area (Å²) in [6.07, 6.45) is 0. The third-order valence-electron chi connectivity index (χ3n) is 4.63. The SMILES string of the molecule is CCOC(=O)c1sc(NC(=S)Nc2cc(C(C)(C)C)ccc2OC)c(C(=O)OCC)c1C. The van der Waals surface area contributed by atoms with E-state index in [9.17, 15) is 9.59 Å². The van der Waals surface area contributed by atoms with Gasteiger partial charge in [0.1, 0.15) is 15.6 Å². The fraction of sp³-hybridized carbons (Fsp3) is 0.435. The first-order valence-electron chi connectivity index (χ1n) is 10.3. The highest BCUT2D eigenvalue weighted by atomic mass is 32.1.